The number of fused-ring (bicyclic) bond motifs is 3. The van der Waals surface area contributed by atoms with Crippen molar-refractivity contribution in [2.45, 2.75) is 143 Å². The molecule has 6 heteroatoms. The van der Waals surface area contributed by atoms with Gasteiger partial charge in [0, 0.05) is 11.5 Å². The number of phenols is 1. The Balaban J connectivity index is 1.52. The van der Waals surface area contributed by atoms with Crippen molar-refractivity contribution >= 4 is 11.9 Å². The first-order valence-corrected chi connectivity index (χ1v) is 19.1. The molecule has 1 aliphatic heterocycles. The van der Waals surface area contributed by atoms with Crippen LogP contribution in [0.2, 0.25) is 0 Å². The fourth-order valence-electron chi connectivity index (χ4n) is 8.21. The summed E-state index contributed by atoms with van der Waals surface area (Å²) >= 11 is 0. The topological polar surface area (TPSA) is 82.1 Å². The lowest BCUT2D eigenvalue weighted by Crippen LogP contribution is -2.47. The monoisotopic (exact) mass is 682 g/mol. The number of hydrogen-bond acceptors (Lipinski definition) is 6. The zero-order chi connectivity index (χ0) is 36.2. The highest BCUT2D eigenvalue weighted by Crippen LogP contribution is 2.56. The molecular weight excluding hydrogens is 624 g/mol. The van der Waals surface area contributed by atoms with Crippen molar-refractivity contribution in [2.75, 3.05) is 0 Å². The Morgan fingerprint density at radius 2 is 1.50 bits per heavy atom. The van der Waals surface area contributed by atoms with Crippen LogP contribution in [-0.2, 0) is 22.4 Å². The van der Waals surface area contributed by atoms with E-state index in [1.807, 2.05) is 31.2 Å². The molecule has 1 saturated carbocycles. The number of aromatic hydroxyl groups is 1. The number of unbranched alkanes of at least 4 members (excludes halogenated alkanes) is 4. The minimum Gasteiger partial charge on any atom is -0.507 e. The summed E-state index contributed by atoms with van der Waals surface area (Å²) in [4.78, 5) is 27.5. The van der Waals surface area contributed by atoms with Gasteiger partial charge in [-0.2, -0.15) is 0 Å². The summed E-state index contributed by atoms with van der Waals surface area (Å²) in [6.07, 6.45) is 10.9. The minimum absolute atomic E-state index is 0.0220. The van der Waals surface area contributed by atoms with Crippen molar-refractivity contribution in [1.29, 1.82) is 0 Å². The van der Waals surface area contributed by atoms with Crippen molar-refractivity contribution in [3.05, 3.63) is 70.3 Å². The van der Waals surface area contributed by atoms with E-state index >= 15 is 0 Å². The number of hydrogen-bond donors (Lipinski definition) is 1. The summed E-state index contributed by atoms with van der Waals surface area (Å²) in [5.74, 6) is 0.231. The summed E-state index contributed by atoms with van der Waals surface area (Å²) in [7, 11) is 0. The minimum atomic E-state index is -1.12. The van der Waals surface area contributed by atoms with Crippen LogP contribution < -0.4 is 14.2 Å². The quantitative estimate of drug-likeness (QED) is 0.0886. The van der Waals surface area contributed by atoms with Gasteiger partial charge in [0.25, 0.3) is 0 Å². The average Bonchev–Trinajstić information content (AvgIpc) is 3.04. The Morgan fingerprint density at radius 3 is 2.14 bits per heavy atom. The normalized spacial score (nSPS) is 19.3. The molecule has 5 rings (SSSR count). The van der Waals surface area contributed by atoms with E-state index in [0.717, 1.165) is 110 Å². The second kappa shape index (κ2) is 16.0. The van der Waals surface area contributed by atoms with Crippen molar-refractivity contribution in [3.8, 4) is 34.1 Å². The van der Waals surface area contributed by atoms with Crippen molar-refractivity contribution < 1.29 is 28.9 Å². The predicted octanol–water partition coefficient (Wildman–Crippen LogP) is 11.2. The van der Waals surface area contributed by atoms with Gasteiger partial charge in [0.05, 0.1) is 5.56 Å². The summed E-state index contributed by atoms with van der Waals surface area (Å²) in [6.45, 7) is 17.1. The first-order valence-electron chi connectivity index (χ1n) is 19.1. The molecular formula is C44H58O6. The molecule has 0 spiro atoms. The van der Waals surface area contributed by atoms with Crippen LogP contribution in [0.15, 0.2) is 42.5 Å². The maximum atomic E-state index is 13.8. The highest BCUT2D eigenvalue weighted by atomic mass is 16.6. The fourth-order valence-corrected chi connectivity index (χ4v) is 8.21. The molecule has 0 bridgehead atoms. The maximum Gasteiger partial charge on any atom is 0.423 e. The molecule has 0 amide bonds. The third-order valence-corrected chi connectivity index (χ3v) is 10.9. The molecule has 3 aromatic rings. The number of aryl methyl sites for hydroxylation is 3. The highest BCUT2D eigenvalue weighted by Gasteiger charge is 2.47. The van der Waals surface area contributed by atoms with Crippen LogP contribution in [0.1, 0.15) is 146 Å². The maximum absolute atomic E-state index is 13.8. The second-order valence-corrected chi connectivity index (χ2v) is 15.8. The average molecular weight is 683 g/mol. The number of benzene rings is 3. The molecule has 3 atom stereocenters. The molecule has 0 unspecified atom stereocenters. The number of esters is 2. The van der Waals surface area contributed by atoms with Gasteiger partial charge in [-0.05, 0) is 124 Å². The molecule has 270 valence electrons. The Kier molecular flexibility index (Phi) is 12.0. The van der Waals surface area contributed by atoms with Crippen LogP contribution in [0.3, 0.4) is 0 Å². The lowest BCUT2D eigenvalue weighted by molar-refractivity contribution is -0.156. The zero-order valence-electron chi connectivity index (χ0n) is 31.6. The molecule has 2 aliphatic rings. The van der Waals surface area contributed by atoms with Gasteiger partial charge >= 0.3 is 11.9 Å². The molecule has 1 fully saturated rings. The van der Waals surface area contributed by atoms with Crippen LogP contribution in [0.25, 0.3) is 11.1 Å². The summed E-state index contributed by atoms with van der Waals surface area (Å²) < 4.78 is 18.7. The first-order chi connectivity index (χ1) is 23.8. The van der Waals surface area contributed by atoms with E-state index in [0.29, 0.717) is 17.2 Å². The molecule has 0 aromatic heterocycles. The Morgan fingerprint density at radius 1 is 0.880 bits per heavy atom. The molecule has 6 nitrogen and oxygen atoms in total. The zero-order valence-corrected chi connectivity index (χ0v) is 31.6. The third-order valence-electron chi connectivity index (χ3n) is 10.9. The van der Waals surface area contributed by atoms with E-state index in [2.05, 4.69) is 54.5 Å². The van der Waals surface area contributed by atoms with E-state index in [9.17, 15) is 14.7 Å². The molecule has 0 saturated heterocycles. The van der Waals surface area contributed by atoms with E-state index in [1.165, 1.54) is 0 Å². The number of ether oxygens (including phenoxy) is 3. The SMILES string of the molecule is CCCCCc1cc(O)c(-c2cc(C)ccc2C(C)C)c(OC(=O)C(=O)Oc2cc(CCCCC)cc3c2[C@@H]2C[C@H](C)CC[C@H]2C(C)(C)O3)c1. The van der Waals surface area contributed by atoms with E-state index in [1.54, 1.807) is 12.1 Å². The second-order valence-electron chi connectivity index (χ2n) is 15.8. The van der Waals surface area contributed by atoms with Gasteiger partial charge in [-0.1, -0.05) is 90.5 Å². The largest absolute Gasteiger partial charge is 0.507 e. The first kappa shape index (κ1) is 37.5. The van der Waals surface area contributed by atoms with Crippen molar-refractivity contribution in [3.63, 3.8) is 0 Å². The van der Waals surface area contributed by atoms with Crippen LogP contribution in [0, 0.1) is 18.8 Å². The van der Waals surface area contributed by atoms with Gasteiger partial charge in [-0.3, -0.25) is 0 Å². The van der Waals surface area contributed by atoms with Crippen molar-refractivity contribution in [2.24, 2.45) is 11.8 Å². The van der Waals surface area contributed by atoms with Crippen LogP contribution >= 0.6 is 0 Å². The molecule has 3 aromatic carbocycles. The van der Waals surface area contributed by atoms with E-state index < -0.39 is 11.9 Å². The fraction of sp³-hybridized carbons (Fsp3) is 0.545. The van der Waals surface area contributed by atoms with Crippen molar-refractivity contribution in [1.82, 2.24) is 0 Å². The Bertz CT molecular complexity index is 1680. The highest BCUT2D eigenvalue weighted by molar-refractivity contribution is 6.31. The molecule has 50 heavy (non-hydrogen) atoms. The summed E-state index contributed by atoms with van der Waals surface area (Å²) in [6, 6.07) is 13.7. The van der Waals surface area contributed by atoms with Gasteiger partial charge in [-0.15, -0.1) is 0 Å². The van der Waals surface area contributed by atoms with Crippen LogP contribution in [-0.4, -0.2) is 22.6 Å². The van der Waals surface area contributed by atoms with E-state index in [4.69, 9.17) is 14.2 Å². The summed E-state index contributed by atoms with van der Waals surface area (Å²) in [5, 5.41) is 11.5. The van der Waals surface area contributed by atoms with Crippen LogP contribution in [0.5, 0.6) is 23.0 Å². The smallest absolute Gasteiger partial charge is 0.423 e. The van der Waals surface area contributed by atoms with Gasteiger partial charge < -0.3 is 19.3 Å². The van der Waals surface area contributed by atoms with Gasteiger partial charge in [-0.25, -0.2) is 9.59 Å². The lowest BCUT2D eigenvalue weighted by Gasteiger charge is -2.49. The Labute approximate surface area is 299 Å². The molecule has 1 aliphatic carbocycles. The number of phenolic OH excluding ortho intramolecular Hbond substituents is 1. The van der Waals surface area contributed by atoms with Crippen LogP contribution in [0.4, 0.5) is 0 Å². The third kappa shape index (κ3) is 8.38. The van der Waals surface area contributed by atoms with Gasteiger partial charge in [0.15, 0.2) is 0 Å². The predicted molar refractivity (Wildman–Crippen MR) is 200 cm³/mol. The van der Waals surface area contributed by atoms with E-state index in [-0.39, 0.29) is 34.9 Å². The summed E-state index contributed by atoms with van der Waals surface area (Å²) in [5.41, 5.74) is 5.61. The Hall–Kier alpha value is -3.80. The number of rotatable bonds is 12. The standard InChI is InChI=1S/C44H58O6/c1-9-11-13-15-30-23-36(45)40(33-21-28(5)17-19-32(33)27(3)4)37(24-30)48-42(46)43(47)49-38-25-31(16-14-12-10-2)26-39-41(38)34-22-29(6)18-20-35(34)44(7,8)50-39/h17,19,21,23-27,29,34-35,45H,9-16,18,20,22H2,1-8H3/t29-,34-,35-/m1/s1. The van der Waals surface area contributed by atoms with Gasteiger partial charge in [0.1, 0.15) is 28.6 Å². The number of carbonyl (C=O) groups is 2. The van der Waals surface area contributed by atoms with Gasteiger partial charge in [0.2, 0.25) is 0 Å². The molecule has 1 N–H and O–H groups in total. The molecule has 0 radical (unpaired) electrons. The lowest BCUT2D eigenvalue weighted by atomic mass is 9.64. The molecule has 1 heterocycles. The number of carbonyl (C=O) groups excluding carboxylic acids is 2.